The van der Waals surface area contributed by atoms with Gasteiger partial charge in [-0.05, 0) is 42.5 Å². The van der Waals surface area contributed by atoms with Gasteiger partial charge in [0.15, 0.2) is 11.5 Å². The van der Waals surface area contributed by atoms with E-state index >= 15 is 0 Å². The highest BCUT2D eigenvalue weighted by Crippen LogP contribution is 2.35. The molecule has 3 aromatic carbocycles. The van der Waals surface area contributed by atoms with Gasteiger partial charge in [0.2, 0.25) is 5.91 Å². The molecule has 192 valence electrons. The van der Waals surface area contributed by atoms with E-state index in [2.05, 4.69) is 5.32 Å². The first-order valence-corrected chi connectivity index (χ1v) is 11.9. The summed E-state index contributed by atoms with van der Waals surface area (Å²) in [6, 6.07) is 10.7. The maximum absolute atomic E-state index is 14.6. The number of rotatable bonds is 8. The number of carbonyl (C=O) groups is 1. The highest BCUT2D eigenvalue weighted by atomic mass is 35.5. The third kappa shape index (κ3) is 5.82. The zero-order chi connectivity index (χ0) is 26.7. The molecule has 1 amide bonds. The number of amides is 1. The molecule has 0 saturated carbocycles. The van der Waals surface area contributed by atoms with Crippen molar-refractivity contribution >= 4 is 38.9 Å². The largest absolute Gasteiger partial charge is 0.493 e. The molecule has 3 aromatic rings. The molecule has 7 nitrogen and oxygen atoms in total. The third-order valence-corrected chi connectivity index (χ3v) is 7.00. The summed E-state index contributed by atoms with van der Waals surface area (Å²) in [5.41, 5.74) is -1.93. The van der Waals surface area contributed by atoms with Gasteiger partial charge in [0.1, 0.15) is 12.4 Å². The van der Waals surface area contributed by atoms with Crippen LogP contribution in [0.2, 0.25) is 5.02 Å². The summed E-state index contributed by atoms with van der Waals surface area (Å²) in [5, 5.41) is 1.95. The van der Waals surface area contributed by atoms with E-state index in [9.17, 15) is 30.8 Å². The highest BCUT2D eigenvalue weighted by Gasteiger charge is 2.32. The van der Waals surface area contributed by atoms with Crippen LogP contribution in [0, 0.1) is 5.82 Å². The Morgan fingerprint density at radius 2 is 1.67 bits per heavy atom. The molecule has 0 aliphatic rings. The summed E-state index contributed by atoms with van der Waals surface area (Å²) < 4.78 is 91.6. The van der Waals surface area contributed by atoms with Gasteiger partial charge in [-0.15, -0.1) is 0 Å². The number of nitrogens with zero attached hydrogens (tertiary/aromatic N) is 1. The SMILES string of the molecule is COc1ccc(S(=O)(=O)N(CC(=O)Nc2cc(C(F)(F)F)ccc2Cl)c2ccccc2F)cc1OC. The van der Waals surface area contributed by atoms with Crippen molar-refractivity contribution in [2.45, 2.75) is 11.1 Å². The molecule has 0 aromatic heterocycles. The molecular formula is C23H19ClF4N2O5S. The quantitative estimate of drug-likeness (QED) is 0.385. The van der Waals surface area contributed by atoms with Crippen LogP contribution in [0.3, 0.4) is 0 Å². The molecule has 0 saturated heterocycles. The lowest BCUT2D eigenvalue weighted by Gasteiger charge is -2.25. The molecule has 0 fully saturated rings. The third-order valence-electron chi connectivity index (χ3n) is 4.92. The number of hydrogen-bond donors (Lipinski definition) is 1. The van der Waals surface area contributed by atoms with E-state index in [4.69, 9.17) is 21.1 Å². The monoisotopic (exact) mass is 546 g/mol. The van der Waals surface area contributed by atoms with Crippen molar-refractivity contribution in [3.05, 3.63) is 77.1 Å². The van der Waals surface area contributed by atoms with Crippen LogP contribution in [0.4, 0.5) is 28.9 Å². The van der Waals surface area contributed by atoms with E-state index in [1.165, 1.54) is 38.5 Å². The second-order valence-corrected chi connectivity index (χ2v) is 9.49. The summed E-state index contributed by atoms with van der Waals surface area (Å²) in [6.45, 7) is -0.982. The Kier molecular flexibility index (Phi) is 7.99. The van der Waals surface area contributed by atoms with Crippen molar-refractivity contribution in [1.29, 1.82) is 0 Å². The van der Waals surface area contributed by atoms with Gasteiger partial charge in [0, 0.05) is 6.07 Å². The summed E-state index contributed by atoms with van der Waals surface area (Å²) in [4.78, 5) is 12.4. The maximum Gasteiger partial charge on any atom is 0.416 e. The fourth-order valence-electron chi connectivity index (χ4n) is 3.18. The second kappa shape index (κ2) is 10.6. The van der Waals surface area contributed by atoms with Crippen LogP contribution in [0.15, 0.2) is 65.6 Å². The van der Waals surface area contributed by atoms with Crippen LogP contribution in [0.5, 0.6) is 11.5 Å². The van der Waals surface area contributed by atoms with Crippen LogP contribution in [-0.4, -0.2) is 35.1 Å². The normalized spacial score (nSPS) is 11.6. The van der Waals surface area contributed by atoms with Gasteiger partial charge in [-0.3, -0.25) is 9.10 Å². The Labute approximate surface area is 209 Å². The number of ether oxygens (including phenoxy) is 2. The lowest BCUT2D eigenvalue weighted by atomic mass is 10.2. The smallest absolute Gasteiger partial charge is 0.416 e. The predicted molar refractivity (Wildman–Crippen MR) is 126 cm³/mol. The van der Waals surface area contributed by atoms with Crippen LogP contribution >= 0.6 is 11.6 Å². The van der Waals surface area contributed by atoms with E-state index < -0.39 is 51.4 Å². The average Bonchev–Trinajstić information content (AvgIpc) is 2.83. The van der Waals surface area contributed by atoms with Gasteiger partial charge in [-0.2, -0.15) is 13.2 Å². The van der Waals surface area contributed by atoms with Crippen LogP contribution in [0.1, 0.15) is 5.56 Å². The Hall–Kier alpha value is -3.51. The van der Waals surface area contributed by atoms with Gasteiger partial charge in [-0.25, -0.2) is 12.8 Å². The Morgan fingerprint density at radius 3 is 2.28 bits per heavy atom. The van der Waals surface area contributed by atoms with Crippen LogP contribution in [-0.2, 0) is 21.0 Å². The number of nitrogens with one attached hydrogen (secondary N) is 1. The Morgan fingerprint density at radius 1 is 1.00 bits per heavy atom. The molecule has 13 heteroatoms. The zero-order valence-corrected chi connectivity index (χ0v) is 20.3. The molecule has 3 rings (SSSR count). The number of alkyl halides is 3. The molecule has 0 unspecified atom stereocenters. The van der Waals surface area contributed by atoms with Gasteiger partial charge >= 0.3 is 6.18 Å². The minimum Gasteiger partial charge on any atom is -0.493 e. The molecule has 0 aliphatic heterocycles. The predicted octanol–water partition coefficient (Wildman–Crippen LogP) is 5.35. The lowest BCUT2D eigenvalue weighted by molar-refractivity contribution is -0.137. The number of halogens is 5. The first-order valence-electron chi connectivity index (χ1n) is 10.0. The topological polar surface area (TPSA) is 84.9 Å². The standard InChI is InChI=1S/C23H19ClF4N2O5S/c1-34-20-10-8-15(12-21(20)35-2)36(32,33)30(19-6-4-3-5-17(19)25)13-22(31)29-18-11-14(23(26,27)28)7-9-16(18)24/h3-12H,13H2,1-2H3,(H,29,31). The molecule has 0 atom stereocenters. The molecular weight excluding hydrogens is 528 g/mol. The first kappa shape index (κ1) is 27.1. The number of benzene rings is 3. The summed E-state index contributed by atoms with van der Waals surface area (Å²) in [5.74, 6) is -1.73. The number of sulfonamides is 1. The minimum absolute atomic E-state index is 0.0623. The molecule has 0 bridgehead atoms. The van der Waals surface area contributed by atoms with E-state index in [0.29, 0.717) is 10.4 Å². The molecule has 0 aliphatic carbocycles. The molecule has 1 N–H and O–H groups in total. The zero-order valence-electron chi connectivity index (χ0n) is 18.8. The fourth-order valence-corrected chi connectivity index (χ4v) is 4.78. The van der Waals surface area contributed by atoms with Crippen molar-refractivity contribution in [1.82, 2.24) is 0 Å². The van der Waals surface area contributed by atoms with Gasteiger partial charge < -0.3 is 14.8 Å². The fraction of sp³-hybridized carbons (Fsp3) is 0.174. The lowest BCUT2D eigenvalue weighted by Crippen LogP contribution is -2.38. The maximum atomic E-state index is 14.6. The summed E-state index contributed by atoms with van der Waals surface area (Å²) in [7, 11) is -1.94. The minimum atomic E-state index is -4.71. The molecule has 36 heavy (non-hydrogen) atoms. The summed E-state index contributed by atoms with van der Waals surface area (Å²) >= 11 is 5.92. The highest BCUT2D eigenvalue weighted by molar-refractivity contribution is 7.92. The molecule has 0 radical (unpaired) electrons. The molecule has 0 spiro atoms. The summed E-state index contributed by atoms with van der Waals surface area (Å²) in [6.07, 6.45) is -4.71. The van der Waals surface area contributed by atoms with Crippen molar-refractivity contribution in [2.75, 3.05) is 30.4 Å². The van der Waals surface area contributed by atoms with E-state index in [1.54, 1.807) is 0 Å². The van der Waals surface area contributed by atoms with Crippen LogP contribution < -0.4 is 19.1 Å². The van der Waals surface area contributed by atoms with E-state index in [-0.39, 0.29) is 21.4 Å². The van der Waals surface area contributed by atoms with E-state index in [0.717, 1.165) is 30.3 Å². The van der Waals surface area contributed by atoms with Crippen molar-refractivity contribution in [2.24, 2.45) is 0 Å². The van der Waals surface area contributed by atoms with Gasteiger partial charge in [0.05, 0.1) is 41.1 Å². The van der Waals surface area contributed by atoms with Gasteiger partial charge in [-0.1, -0.05) is 23.7 Å². The number of hydrogen-bond acceptors (Lipinski definition) is 5. The van der Waals surface area contributed by atoms with Crippen molar-refractivity contribution in [3.8, 4) is 11.5 Å². The Balaban J connectivity index is 2.02. The number of carbonyl (C=O) groups excluding carboxylic acids is 1. The van der Waals surface area contributed by atoms with Gasteiger partial charge in [0.25, 0.3) is 10.0 Å². The number of anilines is 2. The average molecular weight is 547 g/mol. The van der Waals surface area contributed by atoms with Crippen molar-refractivity contribution < 1.29 is 40.2 Å². The van der Waals surface area contributed by atoms with Crippen molar-refractivity contribution in [3.63, 3.8) is 0 Å². The van der Waals surface area contributed by atoms with E-state index in [1.807, 2.05) is 0 Å². The molecule has 0 heterocycles. The number of para-hydroxylation sites is 1. The van der Waals surface area contributed by atoms with Crippen LogP contribution in [0.25, 0.3) is 0 Å². The first-order chi connectivity index (χ1) is 16.9. The second-order valence-electron chi connectivity index (χ2n) is 7.22. The number of methoxy groups -OCH3 is 2. The Bertz CT molecular complexity index is 1380.